The summed E-state index contributed by atoms with van der Waals surface area (Å²) in [5.41, 5.74) is 4.24. The molecule has 2 aromatic carbocycles. The Morgan fingerprint density at radius 3 is 2.78 bits per heavy atom. The number of sulfonamides is 1. The van der Waals surface area contributed by atoms with Crippen LogP contribution in [-0.4, -0.2) is 37.5 Å². The molecule has 1 aliphatic heterocycles. The summed E-state index contributed by atoms with van der Waals surface area (Å²) in [6.07, 6.45) is 3.37. The summed E-state index contributed by atoms with van der Waals surface area (Å²) in [6.45, 7) is 0.650. The van der Waals surface area contributed by atoms with Gasteiger partial charge < -0.3 is 4.74 Å². The Morgan fingerprint density at radius 1 is 1.22 bits per heavy atom. The lowest BCUT2D eigenvalue weighted by Crippen LogP contribution is -2.36. The van der Waals surface area contributed by atoms with Crippen LogP contribution in [-0.2, 0) is 27.8 Å². The molecule has 1 aliphatic rings. The van der Waals surface area contributed by atoms with Crippen molar-refractivity contribution in [1.82, 2.24) is 9.79 Å². The molecule has 2 N–H and O–H groups in total. The first-order chi connectivity index (χ1) is 12.9. The molecule has 3 rings (SSSR count). The van der Waals surface area contributed by atoms with Crippen molar-refractivity contribution in [2.45, 2.75) is 17.9 Å². The van der Waals surface area contributed by atoms with Gasteiger partial charge in [0.1, 0.15) is 5.75 Å². The molecule has 142 valence electrons. The molecule has 8 heteroatoms. The third-order valence-corrected chi connectivity index (χ3v) is 6.27. The van der Waals surface area contributed by atoms with E-state index >= 15 is 0 Å². The Morgan fingerprint density at radius 2 is 2.04 bits per heavy atom. The van der Waals surface area contributed by atoms with Gasteiger partial charge in [0.05, 0.1) is 12.0 Å². The summed E-state index contributed by atoms with van der Waals surface area (Å²) in [5, 5.41) is 8.54. The number of hydroxylamine groups is 1. The van der Waals surface area contributed by atoms with Gasteiger partial charge in [-0.2, -0.15) is 4.31 Å². The standard InChI is InChI=1S/C19H20N2O5S/c1-26-17-3-2-4-18(12-17)27(24,25)21-10-9-15-7-5-14(11-16(15)13-21)6-8-19(22)20-23/h2-8,11-12,23H,9-10,13H2,1H3,(H,20,22). The number of nitrogens with zero attached hydrogens (tertiary/aromatic N) is 1. The predicted octanol–water partition coefficient (Wildman–Crippen LogP) is 1.96. The summed E-state index contributed by atoms with van der Waals surface area (Å²) in [7, 11) is -2.15. The van der Waals surface area contributed by atoms with Gasteiger partial charge in [0.2, 0.25) is 10.0 Å². The molecule has 0 aliphatic carbocycles. The molecular weight excluding hydrogens is 368 g/mol. The van der Waals surface area contributed by atoms with E-state index in [0.717, 1.165) is 16.7 Å². The van der Waals surface area contributed by atoms with Crippen molar-refractivity contribution in [3.05, 3.63) is 65.2 Å². The topological polar surface area (TPSA) is 95.9 Å². The molecule has 0 unspecified atom stereocenters. The van der Waals surface area contributed by atoms with Crippen LogP contribution in [0.2, 0.25) is 0 Å². The van der Waals surface area contributed by atoms with Crippen LogP contribution in [0.15, 0.2) is 53.4 Å². The van der Waals surface area contributed by atoms with E-state index in [1.165, 1.54) is 29.0 Å². The molecule has 0 aromatic heterocycles. The normalized spacial score (nSPS) is 14.7. The maximum atomic E-state index is 13.0. The molecule has 0 atom stereocenters. The van der Waals surface area contributed by atoms with Crippen LogP contribution in [0.25, 0.3) is 6.08 Å². The van der Waals surface area contributed by atoms with Crippen molar-refractivity contribution in [2.24, 2.45) is 0 Å². The number of fused-ring (bicyclic) bond motifs is 1. The Hall–Kier alpha value is -2.68. The highest BCUT2D eigenvalue weighted by Crippen LogP contribution is 2.27. The second-order valence-corrected chi connectivity index (χ2v) is 8.04. The smallest absolute Gasteiger partial charge is 0.267 e. The SMILES string of the molecule is COc1cccc(S(=O)(=O)N2CCc3ccc(C=CC(=O)NO)cc3C2)c1. The monoisotopic (exact) mass is 388 g/mol. The molecule has 0 fully saturated rings. The van der Waals surface area contributed by atoms with Crippen molar-refractivity contribution in [2.75, 3.05) is 13.7 Å². The van der Waals surface area contributed by atoms with E-state index in [-0.39, 0.29) is 11.4 Å². The fourth-order valence-electron chi connectivity index (χ4n) is 2.98. The molecule has 2 aromatic rings. The van der Waals surface area contributed by atoms with Gasteiger partial charge in [-0.15, -0.1) is 0 Å². The van der Waals surface area contributed by atoms with Gasteiger partial charge in [0, 0.05) is 25.2 Å². The molecule has 0 spiro atoms. The van der Waals surface area contributed by atoms with Crippen molar-refractivity contribution in [1.29, 1.82) is 0 Å². The lowest BCUT2D eigenvalue weighted by atomic mass is 9.98. The average Bonchev–Trinajstić information content (AvgIpc) is 2.71. The minimum Gasteiger partial charge on any atom is -0.497 e. The highest BCUT2D eigenvalue weighted by atomic mass is 32.2. The van der Waals surface area contributed by atoms with Gasteiger partial charge in [-0.1, -0.05) is 24.3 Å². The molecule has 0 saturated heterocycles. The van der Waals surface area contributed by atoms with Gasteiger partial charge in [-0.05, 0) is 41.3 Å². The Kier molecular flexibility index (Phi) is 5.59. The first-order valence-electron chi connectivity index (χ1n) is 8.32. The number of hydrogen-bond acceptors (Lipinski definition) is 5. The molecule has 27 heavy (non-hydrogen) atoms. The number of methoxy groups -OCH3 is 1. The maximum absolute atomic E-state index is 13.0. The Bertz CT molecular complexity index is 985. The van der Waals surface area contributed by atoms with Crippen LogP contribution in [0.4, 0.5) is 0 Å². The number of carbonyl (C=O) groups is 1. The fraction of sp³-hybridized carbons (Fsp3) is 0.211. The van der Waals surface area contributed by atoms with E-state index in [4.69, 9.17) is 9.94 Å². The van der Waals surface area contributed by atoms with Crippen molar-refractivity contribution in [3.63, 3.8) is 0 Å². The van der Waals surface area contributed by atoms with E-state index in [9.17, 15) is 13.2 Å². The molecule has 0 radical (unpaired) electrons. The number of amides is 1. The zero-order valence-corrected chi connectivity index (χ0v) is 15.6. The van der Waals surface area contributed by atoms with Gasteiger partial charge in [-0.25, -0.2) is 13.9 Å². The first-order valence-corrected chi connectivity index (χ1v) is 9.76. The van der Waals surface area contributed by atoms with Crippen LogP contribution in [0, 0.1) is 0 Å². The number of rotatable bonds is 5. The molecule has 1 amide bonds. The lowest BCUT2D eigenvalue weighted by molar-refractivity contribution is -0.124. The molecular formula is C19H20N2O5S. The zero-order valence-electron chi connectivity index (χ0n) is 14.8. The van der Waals surface area contributed by atoms with Gasteiger partial charge in [0.25, 0.3) is 5.91 Å². The van der Waals surface area contributed by atoms with Crippen molar-refractivity contribution >= 4 is 22.0 Å². The van der Waals surface area contributed by atoms with E-state index in [2.05, 4.69) is 0 Å². The summed E-state index contributed by atoms with van der Waals surface area (Å²) < 4.78 is 32.5. The minimum absolute atomic E-state index is 0.195. The van der Waals surface area contributed by atoms with Crippen LogP contribution >= 0.6 is 0 Å². The third kappa shape index (κ3) is 4.19. The number of ether oxygens (including phenoxy) is 1. The van der Waals surface area contributed by atoms with Crippen molar-refractivity contribution in [3.8, 4) is 5.75 Å². The average molecular weight is 388 g/mol. The molecule has 0 bridgehead atoms. The number of hydrogen-bond donors (Lipinski definition) is 2. The van der Waals surface area contributed by atoms with Crippen molar-refractivity contribution < 1.29 is 23.2 Å². The number of benzene rings is 2. The van der Waals surface area contributed by atoms with Crippen LogP contribution in [0.1, 0.15) is 16.7 Å². The number of carbonyl (C=O) groups excluding carboxylic acids is 1. The Labute approximate surface area is 157 Å². The predicted molar refractivity (Wildman–Crippen MR) is 99.7 cm³/mol. The van der Waals surface area contributed by atoms with E-state index in [0.29, 0.717) is 18.7 Å². The Balaban J connectivity index is 1.86. The van der Waals surface area contributed by atoms with Gasteiger partial charge in [0.15, 0.2) is 0 Å². The van der Waals surface area contributed by atoms with Gasteiger partial charge >= 0.3 is 0 Å². The third-order valence-electron chi connectivity index (χ3n) is 4.42. The summed E-state index contributed by atoms with van der Waals surface area (Å²) in [5.74, 6) is -0.141. The van der Waals surface area contributed by atoms with Gasteiger partial charge in [-0.3, -0.25) is 10.0 Å². The largest absolute Gasteiger partial charge is 0.497 e. The summed E-state index contributed by atoms with van der Waals surface area (Å²) in [6, 6.07) is 12.1. The summed E-state index contributed by atoms with van der Waals surface area (Å²) in [4.78, 5) is 11.3. The van der Waals surface area contributed by atoms with Crippen LogP contribution in [0.5, 0.6) is 5.75 Å². The zero-order chi connectivity index (χ0) is 19.4. The fourth-order valence-corrected chi connectivity index (χ4v) is 4.43. The second kappa shape index (κ2) is 7.91. The second-order valence-electron chi connectivity index (χ2n) is 6.11. The van der Waals surface area contributed by atoms with E-state index in [1.54, 1.807) is 24.3 Å². The van der Waals surface area contributed by atoms with E-state index in [1.807, 2.05) is 18.2 Å². The molecule has 0 saturated carbocycles. The van der Waals surface area contributed by atoms with Crippen LogP contribution in [0.3, 0.4) is 0 Å². The molecule has 1 heterocycles. The minimum atomic E-state index is -3.64. The maximum Gasteiger partial charge on any atom is 0.267 e. The highest BCUT2D eigenvalue weighted by Gasteiger charge is 2.28. The molecule has 7 nitrogen and oxygen atoms in total. The summed E-state index contributed by atoms with van der Waals surface area (Å²) >= 11 is 0. The van der Waals surface area contributed by atoms with Crippen LogP contribution < -0.4 is 10.2 Å². The van der Waals surface area contributed by atoms with E-state index < -0.39 is 15.9 Å². The lowest BCUT2D eigenvalue weighted by Gasteiger charge is -2.28. The quantitative estimate of drug-likeness (QED) is 0.464. The number of nitrogens with one attached hydrogen (secondary N) is 1. The highest BCUT2D eigenvalue weighted by molar-refractivity contribution is 7.89. The first kappa shape index (κ1) is 19.1.